The molecule has 4 aromatic rings. The normalized spacial score (nSPS) is 12.2. The number of hydrogen-bond acceptors (Lipinski definition) is 6. The third kappa shape index (κ3) is 9.10. The van der Waals surface area contributed by atoms with Gasteiger partial charge in [0.15, 0.2) is 5.82 Å². The van der Waals surface area contributed by atoms with E-state index >= 15 is 0 Å². The van der Waals surface area contributed by atoms with Crippen molar-refractivity contribution in [1.29, 1.82) is 0 Å². The van der Waals surface area contributed by atoms with E-state index in [-0.39, 0.29) is 17.7 Å². The topological polar surface area (TPSA) is 97.4 Å². The van der Waals surface area contributed by atoms with E-state index in [9.17, 15) is 9.59 Å². The molecule has 0 aliphatic carbocycles. The maximum Gasteiger partial charge on any atom is 0.252 e. The standard InChI is InChI=1S/C36H51N7O2/c1-6-10-15-29-25-31-26-30(36(45)37-32(9-4)35-38-40-41(5)39-35)20-24-43(31)33(29)34(44)28-18-16-27(17-19-28)14-13-23-42(21-11-7-2)22-12-8-3/h16-20,24-26,32H,6-15,21-23H2,1-5H3,(H,37,45). The molecule has 3 heterocycles. The fraction of sp³-hybridized carbons (Fsp3) is 0.528. The van der Waals surface area contributed by atoms with Crippen molar-refractivity contribution in [2.24, 2.45) is 7.05 Å². The molecule has 45 heavy (non-hydrogen) atoms. The van der Waals surface area contributed by atoms with Crippen LogP contribution in [0.1, 0.15) is 128 Å². The van der Waals surface area contributed by atoms with Crippen molar-refractivity contribution in [3.8, 4) is 0 Å². The van der Waals surface area contributed by atoms with E-state index in [1.165, 1.54) is 49.1 Å². The second kappa shape index (κ2) is 17.0. The van der Waals surface area contributed by atoms with E-state index in [2.05, 4.69) is 64.6 Å². The summed E-state index contributed by atoms with van der Waals surface area (Å²) in [7, 11) is 1.70. The quantitative estimate of drug-likeness (QED) is 0.118. The SMILES string of the molecule is CCCCc1cc2cc(C(=O)NC(CC)c3nnn(C)n3)ccn2c1C(=O)c1ccc(CCCN(CCCC)CCCC)cc1. The van der Waals surface area contributed by atoms with Crippen LogP contribution in [-0.4, -0.2) is 60.8 Å². The fourth-order valence-corrected chi connectivity index (χ4v) is 5.78. The van der Waals surface area contributed by atoms with E-state index in [4.69, 9.17) is 0 Å². The van der Waals surface area contributed by atoms with Crippen LogP contribution < -0.4 is 5.32 Å². The minimum Gasteiger partial charge on any atom is -0.342 e. The number of aromatic nitrogens is 5. The van der Waals surface area contributed by atoms with Gasteiger partial charge in [-0.15, -0.1) is 10.2 Å². The number of amides is 1. The van der Waals surface area contributed by atoms with E-state index in [0.29, 0.717) is 29.1 Å². The van der Waals surface area contributed by atoms with Gasteiger partial charge in [-0.25, -0.2) is 0 Å². The van der Waals surface area contributed by atoms with Gasteiger partial charge in [-0.2, -0.15) is 4.80 Å². The molecule has 1 amide bonds. The third-order valence-corrected chi connectivity index (χ3v) is 8.49. The van der Waals surface area contributed by atoms with Crippen LogP contribution in [0.4, 0.5) is 0 Å². The molecule has 0 spiro atoms. The van der Waals surface area contributed by atoms with Crippen LogP contribution in [-0.2, 0) is 19.9 Å². The average Bonchev–Trinajstić information content (AvgIpc) is 3.66. The highest BCUT2D eigenvalue weighted by Gasteiger charge is 2.22. The van der Waals surface area contributed by atoms with Gasteiger partial charge in [0.1, 0.15) is 0 Å². The van der Waals surface area contributed by atoms with Crippen molar-refractivity contribution < 1.29 is 9.59 Å². The summed E-state index contributed by atoms with van der Waals surface area (Å²) < 4.78 is 1.93. The lowest BCUT2D eigenvalue weighted by Gasteiger charge is -2.21. The molecule has 242 valence electrons. The van der Waals surface area contributed by atoms with Crippen molar-refractivity contribution in [1.82, 2.24) is 34.8 Å². The maximum absolute atomic E-state index is 14.0. The summed E-state index contributed by atoms with van der Waals surface area (Å²) in [5, 5.41) is 15.2. The minimum absolute atomic E-state index is 0.00920. The van der Waals surface area contributed by atoms with Gasteiger partial charge in [-0.05, 0) is 99.1 Å². The molecule has 1 atom stereocenters. The molecular weight excluding hydrogens is 562 g/mol. The van der Waals surface area contributed by atoms with Crippen LogP contribution in [0.2, 0.25) is 0 Å². The number of pyridine rings is 1. The van der Waals surface area contributed by atoms with Gasteiger partial charge in [-0.3, -0.25) is 9.59 Å². The monoisotopic (exact) mass is 613 g/mol. The highest BCUT2D eigenvalue weighted by atomic mass is 16.1. The lowest BCUT2D eigenvalue weighted by Crippen LogP contribution is -2.29. The molecule has 0 radical (unpaired) electrons. The first-order valence-corrected chi connectivity index (χ1v) is 16.9. The lowest BCUT2D eigenvalue weighted by atomic mass is 10.00. The van der Waals surface area contributed by atoms with Crippen molar-refractivity contribution in [2.45, 2.75) is 97.9 Å². The number of carbonyl (C=O) groups excluding carboxylic acids is 2. The molecular formula is C36H51N7O2. The largest absolute Gasteiger partial charge is 0.342 e. The van der Waals surface area contributed by atoms with Crippen molar-refractivity contribution in [2.75, 3.05) is 19.6 Å². The summed E-state index contributed by atoms with van der Waals surface area (Å²) in [5.41, 5.74) is 4.99. The van der Waals surface area contributed by atoms with Crippen LogP contribution in [0.5, 0.6) is 0 Å². The van der Waals surface area contributed by atoms with Gasteiger partial charge >= 0.3 is 0 Å². The predicted molar refractivity (Wildman–Crippen MR) is 180 cm³/mol. The Hall–Kier alpha value is -3.85. The number of carbonyl (C=O) groups is 2. The first-order valence-electron chi connectivity index (χ1n) is 16.9. The predicted octanol–water partition coefficient (Wildman–Crippen LogP) is 6.75. The molecule has 3 aromatic heterocycles. The highest BCUT2D eigenvalue weighted by molar-refractivity contribution is 6.10. The number of tetrazole rings is 1. The zero-order valence-corrected chi connectivity index (χ0v) is 27.9. The molecule has 0 saturated carbocycles. The number of unbranched alkanes of at least 4 members (excludes halogenated alkanes) is 3. The molecule has 0 aliphatic rings. The molecule has 1 aromatic carbocycles. The van der Waals surface area contributed by atoms with E-state index in [1.807, 2.05) is 35.7 Å². The average molecular weight is 614 g/mol. The van der Waals surface area contributed by atoms with Crippen LogP contribution in [0.3, 0.4) is 0 Å². The van der Waals surface area contributed by atoms with Crippen molar-refractivity contribution in [3.05, 3.63) is 82.4 Å². The Balaban J connectivity index is 1.49. The van der Waals surface area contributed by atoms with E-state index in [1.54, 1.807) is 13.1 Å². The Morgan fingerprint density at radius 3 is 2.16 bits per heavy atom. The van der Waals surface area contributed by atoms with E-state index < -0.39 is 0 Å². The van der Waals surface area contributed by atoms with Gasteiger partial charge in [0.25, 0.3) is 5.91 Å². The smallest absolute Gasteiger partial charge is 0.252 e. The Labute approximate surface area is 268 Å². The molecule has 0 aliphatic heterocycles. The number of benzene rings is 1. The third-order valence-electron chi connectivity index (χ3n) is 8.49. The van der Waals surface area contributed by atoms with Crippen LogP contribution >= 0.6 is 0 Å². The number of rotatable bonds is 19. The van der Waals surface area contributed by atoms with Crippen LogP contribution in [0.15, 0.2) is 48.7 Å². The number of ketones is 1. The Bertz CT molecular complexity index is 1510. The Morgan fingerprint density at radius 1 is 0.844 bits per heavy atom. The van der Waals surface area contributed by atoms with Crippen LogP contribution in [0, 0.1) is 0 Å². The van der Waals surface area contributed by atoms with Gasteiger partial charge < -0.3 is 14.6 Å². The molecule has 0 bridgehead atoms. The van der Waals surface area contributed by atoms with Gasteiger partial charge in [0, 0.05) is 22.8 Å². The summed E-state index contributed by atoms with van der Waals surface area (Å²) in [6.45, 7) is 12.1. The molecule has 0 fully saturated rings. The first kappa shape index (κ1) is 34.0. The molecule has 9 heteroatoms. The van der Waals surface area contributed by atoms with Gasteiger partial charge in [0.2, 0.25) is 5.78 Å². The molecule has 9 nitrogen and oxygen atoms in total. The first-order chi connectivity index (χ1) is 21.9. The van der Waals surface area contributed by atoms with Crippen molar-refractivity contribution >= 4 is 17.2 Å². The second-order valence-electron chi connectivity index (χ2n) is 12.1. The molecule has 0 saturated heterocycles. The number of nitrogens with one attached hydrogen (secondary N) is 1. The highest BCUT2D eigenvalue weighted by Crippen LogP contribution is 2.24. The zero-order valence-electron chi connectivity index (χ0n) is 27.9. The maximum atomic E-state index is 14.0. The fourth-order valence-electron chi connectivity index (χ4n) is 5.78. The molecule has 1 N–H and O–H groups in total. The number of nitrogens with zero attached hydrogens (tertiary/aromatic N) is 6. The van der Waals surface area contributed by atoms with Gasteiger partial charge in [0.05, 0.1) is 18.8 Å². The molecule has 4 rings (SSSR count). The summed E-state index contributed by atoms with van der Waals surface area (Å²) in [4.78, 5) is 31.2. The summed E-state index contributed by atoms with van der Waals surface area (Å²) in [6.07, 6.45) is 12.4. The number of fused-ring (bicyclic) bond motifs is 1. The summed E-state index contributed by atoms with van der Waals surface area (Å²) in [6, 6.07) is 13.5. The Kier molecular flexibility index (Phi) is 12.9. The van der Waals surface area contributed by atoms with E-state index in [0.717, 1.165) is 49.7 Å². The lowest BCUT2D eigenvalue weighted by molar-refractivity contribution is 0.0933. The molecule has 1 unspecified atom stereocenters. The zero-order chi connectivity index (χ0) is 32.2. The van der Waals surface area contributed by atoms with Crippen LogP contribution in [0.25, 0.3) is 5.52 Å². The number of aryl methyl sites for hydroxylation is 3. The minimum atomic E-state index is -0.338. The van der Waals surface area contributed by atoms with Gasteiger partial charge in [-0.1, -0.05) is 71.2 Å². The summed E-state index contributed by atoms with van der Waals surface area (Å²) in [5.74, 6) is 0.282. The summed E-state index contributed by atoms with van der Waals surface area (Å²) >= 11 is 0. The second-order valence-corrected chi connectivity index (χ2v) is 12.1. The Morgan fingerprint density at radius 2 is 1.53 bits per heavy atom. The number of hydrogen-bond donors (Lipinski definition) is 1. The van der Waals surface area contributed by atoms with Crippen molar-refractivity contribution in [3.63, 3.8) is 0 Å².